The lowest BCUT2D eigenvalue weighted by Gasteiger charge is -2.02. The fourth-order valence-electron chi connectivity index (χ4n) is 1.68. The third-order valence-electron chi connectivity index (χ3n) is 2.87. The van der Waals surface area contributed by atoms with Gasteiger partial charge in [0.2, 0.25) is 0 Å². The molecule has 5 heteroatoms. The Morgan fingerprint density at radius 2 is 1.48 bits per heavy atom. The van der Waals surface area contributed by atoms with Crippen LogP contribution in [-0.2, 0) is 0 Å². The molecule has 2 aromatic carbocycles. The predicted octanol–water partition coefficient (Wildman–Crippen LogP) is 4.54. The Hall–Kier alpha value is -2.76. The molecule has 0 aliphatic carbocycles. The highest BCUT2D eigenvalue weighted by Gasteiger charge is 2.01. The summed E-state index contributed by atoms with van der Waals surface area (Å²) in [6.45, 7) is 3.62. The van der Waals surface area contributed by atoms with E-state index < -0.39 is 0 Å². The maximum absolute atomic E-state index is 8.66. The van der Waals surface area contributed by atoms with Gasteiger partial charge in [0.05, 0.1) is 25.3 Å². The molecule has 0 bridgehead atoms. The highest BCUT2D eigenvalue weighted by Crippen LogP contribution is 2.22. The minimum absolute atomic E-state index is 0.545. The molecule has 0 amide bonds. The summed E-state index contributed by atoms with van der Waals surface area (Å²) in [5.41, 5.74) is 2.05. The Morgan fingerprint density at radius 3 is 1.96 bits per heavy atom. The van der Waals surface area contributed by atoms with Gasteiger partial charge in [0.15, 0.2) is 0 Å². The van der Waals surface area contributed by atoms with Gasteiger partial charge in [-0.25, -0.2) is 0 Å². The van der Waals surface area contributed by atoms with Crippen molar-refractivity contribution in [2.75, 3.05) is 14.2 Å². The van der Waals surface area contributed by atoms with Crippen LogP contribution < -0.4 is 9.47 Å². The van der Waals surface area contributed by atoms with Gasteiger partial charge >= 0.3 is 0 Å². The lowest BCUT2D eigenvalue weighted by Crippen LogP contribution is -1.87. The predicted molar refractivity (Wildman–Crippen MR) is 93.2 cm³/mol. The van der Waals surface area contributed by atoms with Gasteiger partial charge in [-0.05, 0) is 35.9 Å². The number of hydrogen-bond acceptors (Lipinski definition) is 4. The van der Waals surface area contributed by atoms with Crippen molar-refractivity contribution >= 4 is 22.0 Å². The molecule has 116 valence electrons. The molecule has 0 atom stereocenters. The smallest absolute Gasteiger partial charge is 0.137 e. The van der Waals surface area contributed by atoms with E-state index in [1.54, 1.807) is 50.6 Å². The first-order chi connectivity index (χ1) is 11.1. The maximum atomic E-state index is 8.66. The minimum Gasteiger partial charge on any atom is -0.495 e. The second-order valence-corrected chi connectivity index (χ2v) is 5.15. The summed E-state index contributed by atoms with van der Waals surface area (Å²) in [5, 5.41) is 17.3. The lowest BCUT2D eigenvalue weighted by molar-refractivity contribution is 0.413. The van der Waals surface area contributed by atoms with Crippen molar-refractivity contribution in [3.05, 3.63) is 64.1 Å². The van der Waals surface area contributed by atoms with Gasteiger partial charge < -0.3 is 9.47 Å². The molecule has 4 nitrogen and oxygen atoms in total. The summed E-state index contributed by atoms with van der Waals surface area (Å²) in [7, 11) is 3.09. The number of ether oxygens (including phenoxy) is 2. The van der Waals surface area contributed by atoms with E-state index >= 15 is 0 Å². The third-order valence-corrected chi connectivity index (χ3v) is 3.36. The molecule has 2 rings (SSSR count). The van der Waals surface area contributed by atoms with Crippen LogP contribution in [0, 0.1) is 22.7 Å². The first-order valence-corrected chi connectivity index (χ1v) is 7.33. The molecule has 0 saturated heterocycles. The summed E-state index contributed by atoms with van der Waals surface area (Å²) in [5.74, 6) is 1.19. The fourth-order valence-corrected chi connectivity index (χ4v) is 2.02. The summed E-state index contributed by atoms with van der Waals surface area (Å²) >= 11 is 3.28. The van der Waals surface area contributed by atoms with Gasteiger partial charge in [0.25, 0.3) is 0 Å². The Bertz CT molecular complexity index is 774. The highest BCUT2D eigenvalue weighted by atomic mass is 79.9. The van der Waals surface area contributed by atoms with Crippen LogP contribution in [0.5, 0.6) is 11.5 Å². The van der Waals surface area contributed by atoms with Gasteiger partial charge in [-0.3, -0.25) is 0 Å². The van der Waals surface area contributed by atoms with Crippen LogP contribution in [0.4, 0.5) is 0 Å². The number of nitrogens with zero attached hydrogens (tertiary/aromatic N) is 2. The zero-order valence-electron chi connectivity index (χ0n) is 12.8. The molecule has 0 unspecified atom stereocenters. The van der Waals surface area contributed by atoms with E-state index in [9.17, 15) is 0 Å². The normalized spacial score (nSPS) is 8.74. The van der Waals surface area contributed by atoms with E-state index in [1.807, 2.05) is 18.2 Å². The third kappa shape index (κ3) is 5.18. The van der Waals surface area contributed by atoms with Gasteiger partial charge in [-0.1, -0.05) is 34.7 Å². The van der Waals surface area contributed by atoms with Crippen molar-refractivity contribution in [2.45, 2.75) is 0 Å². The average molecular weight is 371 g/mol. The standard InChI is InChI=1S/C10H9NO.C8H6BrNO/c1-3-8-4-5-9(7-11)10(6-8)12-2;1-11-8-4-7(9)3-2-6(8)5-10/h3-6H,1H2,2H3;2-4H,1H3. The SMILES string of the molecule is C=Cc1ccc(C#N)c(OC)c1.COc1cc(Br)ccc1C#N. The van der Waals surface area contributed by atoms with Crippen LogP contribution in [0.15, 0.2) is 47.4 Å². The molecule has 23 heavy (non-hydrogen) atoms. The van der Waals surface area contributed by atoms with Crippen molar-refractivity contribution in [3.63, 3.8) is 0 Å². The van der Waals surface area contributed by atoms with E-state index in [1.165, 1.54) is 0 Å². The van der Waals surface area contributed by atoms with E-state index in [2.05, 4.69) is 22.5 Å². The van der Waals surface area contributed by atoms with E-state index in [-0.39, 0.29) is 0 Å². The van der Waals surface area contributed by atoms with Gasteiger partial charge in [-0.2, -0.15) is 10.5 Å². The first-order valence-electron chi connectivity index (χ1n) is 6.53. The summed E-state index contributed by atoms with van der Waals surface area (Å²) in [4.78, 5) is 0. The van der Waals surface area contributed by atoms with Crippen LogP contribution in [0.2, 0.25) is 0 Å². The lowest BCUT2D eigenvalue weighted by atomic mass is 10.1. The number of rotatable bonds is 3. The molecule has 0 saturated carbocycles. The van der Waals surface area contributed by atoms with Crippen molar-refractivity contribution < 1.29 is 9.47 Å². The molecule has 0 aromatic heterocycles. The fraction of sp³-hybridized carbons (Fsp3) is 0.111. The molecular weight excluding hydrogens is 356 g/mol. The number of benzene rings is 2. The molecular formula is C18H15BrN2O2. The van der Waals surface area contributed by atoms with Crippen LogP contribution >= 0.6 is 15.9 Å². The molecule has 0 fully saturated rings. The van der Waals surface area contributed by atoms with E-state index in [4.69, 9.17) is 20.0 Å². The Labute approximate surface area is 144 Å². The van der Waals surface area contributed by atoms with Gasteiger partial charge in [0, 0.05) is 4.47 Å². The molecule has 0 radical (unpaired) electrons. The molecule has 0 N–H and O–H groups in total. The Balaban J connectivity index is 0.000000231. The van der Waals surface area contributed by atoms with Crippen LogP contribution in [0.1, 0.15) is 16.7 Å². The van der Waals surface area contributed by atoms with Gasteiger partial charge in [-0.15, -0.1) is 0 Å². The Kier molecular flexibility index (Phi) is 7.39. The van der Waals surface area contributed by atoms with E-state index in [0.717, 1.165) is 10.0 Å². The zero-order valence-corrected chi connectivity index (χ0v) is 14.4. The van der Waals surface area contributed by atoms with Crippen LogP contribution in [0.25, 0.3) is 6.08 Å². The number of nitriles is 2. The second-order valence-electron chi connectivity index (χ2n) is 4.23. The molecule has 2 aromatic rings. The monoisotopic (exact) mass is 370 g/mol. The highest BCUT2D eigenvalue weighted by molar-refractivity contribution is 9.10. The number of halogens is 1. The summed E-state index contributed by atoms with van der Waals surface area (Å²) in [6, 6.07) is 14.7. The second kappa shape index (κ2) is 9.30. The van der Waals surface area contributed by atoms with Crippen molar-refractivity contribution in [2.24, 2.45) is 0 Å². The van der Waals surface area contributed by atoms with E-state index in [0.29, 0.717) is 22.6 Å². The quantitative estimate of drug-likeness (QED) is 0.795. The topological polar surface area (TPSA) is 66.0 Å². The van der Waals surface area contributed by atoms with Gasteiger partial charge in [0.1, 0.15) is 23.6 Å². The molecule has 0 aliphatic heterocycles. The maximum Gasteiger partial charge on any atom is 0.137 e. The molecule has 0 heterocycles. The van der Waals surface area contributed by atoms with Crippen molar-refractivity contribution in [1.82, 2.24) is 0 Å². The number of hydrogen-bond donors (Lipinski definition) is 0. The van der Waals surface area contributed by atoms with Crippen LogP contribution in [0.3, 0.4) is 0 Å². The zero-order chi connectivity index (χ0) is 17.2. The summed E-state index contributed by atoms with van der Waals surface area (Å²) < 4.78 is 10.9. The number of methoxy groups -OCH3 is 2. The summed E-state index contributed by atoms with van der Waals surface area (Å²) in [6.07, 6.45) is 1.71. The molecule has 0 spiro atoms. The average Bonchev–Trinajstić information content (AvgIpc) is 2.61. The van der Waals surface area contributed by atoms with Crippen molar-refractivity contribution in [1.29, 1.82) is 10.5 Å². The molecule has 0 aliphatic rings. The largest absolute Gasteiger partial charge is 0.495 e. The van der Waals surface area contributed by atoms with Crippen LogP contribution in [-0.4, -0.2) is 14.2 Å². The van der Waals surface area contributed by atoms with Crippen molar-refractivity contribution in [3.8, 4) is 23.6 Å². The Morgan fingerprint density at radius 1 is 0.957 bits per heavy atom. The first kappa shape index (κ1) is 18.3. The minimum atomic E-state index is 0.545.